The van der Waals surface area contributed by atoms with Crippen LogP contribution in [0.4, 0.5) is 5.95 Å². The SMILES string of the molecule is CCNc1nc(C)cn1-c1ccc(C)cc1. The second kappa shape index (κ2) is 4.39. The molecule has 1 heterocycles. The molecule has 0 bridgehead atoms. The summed E-state index contributed by atoms with van der Waals surface area (Å²) in [6, 6.07) is 8.44. The lowest BCUT2D eigenvalue weighted by molar-refractivity contribution is 1.02. The summed E-state index contributed by atoms with van der Waals surface area (Å²) >= 11 is 0. The summed E-state index contributed by atoms with van der Waals surface area (Å²) in [5.74, 6) is 0.906. The summed E-state index contributed by atoms with van der Waals surface area (Å²) in [4.78, 5) is 4.45. The number of benzene rings is 1. The Balaban J connectivity index is 2.42. The van der Waals surface area contributed by atoms with Crippen LogP contribution in [-0.2, 0) is 0 Å². The molecule has 0 fully saturated rings. The molecule has 3 nitrogen and oxygen atoms in total. The van der Waals surface area contributed by atoms with Gasteiger partial charge < -0.3 is 5.32 Å². The lowest BCUT2D eigenvalue weighted by Crippen LogP contribution is -2.04. The van der Waals surface area contributed by atoms with Gasteiger partial charge in [0, 0.05) is 18.4 Å². The van der Waals surface area contributed by atoms with Crippen molar-refractivity contribution in [1.82, 2.24) is 9.55 Å². The van der Waals surface area contributed by atoms with Crippen molar-refractivity contribution >= 4 is 5.95 Å². The summed E-state index contributed by atoms with van der Waals surface area (Å²) in [6.07, 6.45) is 2.04. The van der Waals surface area contributed by atoms with Gasteiger partial charge in [0.15, 0.2) is 0 Å². The van der Waals surface area contributed by atoms with Crippen LogP contribution in [0.1, 0.15) is 18.2 Å². The van der Waals surface area contributed by atoms with Crippen molar-refractivity contribution in [3.63, 3.8) is 0 Å². The summed E-state index contributed by atoms with van der Waals surface area (Å²) in [5, 5.41) is 3.26. The van der Waals surface area contributed by atoms with Gasteiger partial charge in [0.2, 0.25) is 5.95 Å². The van der Waals surface area contributed by atoms with E-state index < -0.39 is 0 Å². The molecule has 0 saturated carbocycles. The van der Waals surface area contributed by atoms with Crippen LogP contribution in [0.5, 0.6) is 0 Å². The van der Waals surface area contributed by atoms with E-state index in [1.54, 1.807) is 0 Å². The Hall–Kier alpha value is -1.77. The van der Waals surface area contributed by atoms with E-state index in [2.05, 4.69) is 53.0 Å². The molecule has 0 spiro atoms. The molecule has 0 atom stereocenters. The molecule has 1 N–H and O–H groups in total. The van der Waals surface area contributed by atoms with Gasteiger partial charge in [-0.05, 0) is 32.9 Å². The van der Waals surface area contributed by atoms with Crippen LogP contribution in [0.15, 0.2) is 30.5 Å². The van der Waals surface area contributed by atoms with E-state index in [0.29, 0.717) is 0 Å². The lowest BCUT2D eigenvalue weighted by Gasteiger charge is -2.08. The van der Waals surface area contributed by atoms with Crippen LogP contribution in [0.3, 0.4) is 0 Å². The first-order chi connectivity index (χ1) is 7.70. The normalized spacial score (nSPS) is 10.4. The monoisotopic (exact) mass is 215 g/mol. The maximum atomic E-state index is 4.45. The summed E-state index contributed by atoms with van der Waals surface area (Å²) < 4.78 is 2.08. The van der Waals surface area contributed by atoms with Gasteiger partial charge in [-0.15, -0.1) is 0 Å². The highest BCUT2D eigenvalue weighted by molar-refractivity contribution is 5.43. The van der Waals surface area contributed by atoms with E-state index in [1.165, 1.54) is 5.56 Å². The number of aromatic nitrogens is 2. The van der Waals surface area contributed by atoms with E-state index in [4.69, 9.17) is 0 Å². The highest BCUT2D eigenvalue weighted by Gasteiger charge is 2.05. The minimum absolute atomic E-state index is 0.877. The maximum Gasteiger partial charge on any atom is 0.207 e. The first-order valence-electron chi connectivity index (χ1n) is 5.57. The Morgan fingerprint density at radius 3 is 2.50 bits per heavy atom. The minimum atomic E-state index is 0.877. The molecule has 0 aliphatic carbocycles. The zero-order valence-electron chi connectivity index (χ0n) is 9.99. The predicted molar refractivity (Wildman–Crippen MR) is 67.2 cm³/mol. The Bertz CT molecular complexity index is 468. The van der Waals surface area contributed by atoms with E-state index in [-0.39, 0.29) is 0 Å². The third-order valence-electron chi connectivity index (χ3n) is 2.47. The Labute approximate surface area is 96.1 Å². The van der Waals surface area contributed by atoms with Gasteiger partial charge in [-0.25, -0.2) is 4.98 Å². The zero-order chi connectivity index (χ0) is 11.5. The fourth-order valence-electron chi connectivity index (χ4n) is 1.68. The molecular formula is C13H17N3. The topological polar surface area (TPSA) is 29.9 Å². The van der Waals surface area contributed by atoms with Crippen LogP contribution in [-0.4, -0.2) is 16.1 Å². The fourth-order valence-corrected chi connectivity index (χ4v) is 1.68. The van der Waals surface area contributed by atoms with Gasteiger partial charge in [0.25, 0.3) is 0 Å². The van der Waals surface area contributed by atoms with Gasteiger partial charge in [-0.1, -0.05) is 17.7 Å². The molecule has 2 rings (SSSR count). The highest BCUT2D eigenvalue weighted by Crippen LogP contribution is 2.16. The second-order valence-corrected chi connectivity index (χ2v) is 3.94. The first-order valence-corrected chi connectivity index (χ1v) is 5.57. The number of nitrogens with zero attached hydrogens (tertiary/aromatic N) is 2. The number of rotatable bonds is 3. The molecule has 3 heteroatoms. The second-order valence-electron chi connectivity index (χ2n) is 3.94. The van der Waals surface area contributed by atoms with Gasteiger partial charge in [-0.3, -0.25) is 4.57 Å². The third-order valence-corrected chi connectivity index (χ3v) is 2.47. The third kappa shape index (κ3) is 2.08. The van der Waals surface area contributed by atoms with Gasteiger partial charge >= 0.3 is 0 Å². The summed E-state index contributed by atoms with van der Waals surface area (Å²) in [7, 11) is 0. The first kappa shape index (κ1) is 10.7. The number of hydrogen-bond donors (Lipinski definition) is 1. The zero-order valence-corrected chi connectivity index (χ0v) is 9.99. The predicted octanol–water partition coefficient (Wildman–Crippen LogP) is 2.92. The minimum Gasteiger partial charge on any atom is -0.356 e. The van der Waals surface area contributed by atoms with Crippen molar-refractivity contribution in [2.24, 2.45) is 0 Å². The van der Waals surface area contributed by atoms with Crippen molar-refractivity contribution in [1.29, 1.82) is 0 Å². The number of anilines is 1. The van der Waals surface area contributed by atoms with Crippen LogP contribution < -0.4 is 5.32 Å². The van der Waals surface area contributed by atoms with Crippen LogP contribution in [0.25, 0.3) is 5.69 Å². The molecule has 0 unspecified atom stereocenters. The summed E-state index contributed by atoms with van der Waals surface area (Å²) in [5.41, 5.74) is 3.43. The number of nitrogens with one attached hydrogen (secondary N) is 1. The summed E-state index contributed by atoms with van der Waals surface area (Å²) in [6.45, 7) is 7.05. The van der Waals surface area contributed by atoms with E-state index in [9.17, 15) is 0 Å². The number of hydrogen-bond acceptors (Lipinski definition) is 2. The highest BCUT2D eigenvalue weighted by atomic mass is 15.2. The van der Waals surface area contributed by atoms with E-state index in [1.807, 2.05) is 13.1 Å². The molecule has 0 aliphatic rings. The Morgan fingerprint density at radius 1 is 1.19 bits per heavy atom. The molecule has 2 aromatic rings. The van der Waals surface area contributed by atoms with Crippen LogP contribution >= 0.6 is 0 Å². The molecule has 1 aromatic heterocycles. The molecule has 0 radical (unpaired) electrons. The van der Waals surface area contributed by atoms with Crippen LogP contribution in [0.2, 0.25) is 0 Å². The molecule has 0 aliphatic heterocycles. The molecule has 84 valence electrons. The largest absolute Gasteiger partial charge is 0.356 e. The standard InChI is InChI=1S/C13H17N3/c1-4-14-13-15-11(3)9-16(13)12-7-5-10(2)6-8-12/h5-9H,4H2,1-3H3,(H,14,15). The average Bonchev–Trinajstić information content (AvgIpc) is 2.61. The molecule has 1 aromatic carbocycles. The van der Waals surface area contributed by atoms with Gasteiger partial charge in [0.05, 0.1) is 5.69 Å². The number of aryl methyl sites for hydroxylation is 2. The smallest absolute Gasteiger partial charge is 0.207 e. The van der Waals surface area contributed by atoms with E-state index in [0.717, 1.165) is 23.9 Å². The van der Waals surface area contributed by atoms with Gasteiger partial charge in [0.1, 0.15) is 0 Å². The Morgan fingerprint density at radius 2 is 1.88 bits per heavy atom. The fraction of sp³-hybridized carbons (Fsp3) is 0.308. The molecule has 0 saturated heterocycles. The van der Waals surface area contributed by atoms with Crippen molar-refractivity contribution in [2.45, 2.75) is 20.8 Å². The van der Waals surface area contributed by atoms with Crippen molar-refractivity contribution < 1.29 is 0 Å². The quantitative estimate of drug-likeness (QED) is 0.853. The molecule has 0 amide bonds. The average molecular weight is 215 g/mol. The van der Waals surface area contributed by atoms with Crippen LogP contribution in [0, 0.1) is 13.8 Å². The van der Waals surface area contributed by atoms with Crippen molar-refractivity contribution in [2.75, 3.05) is 11.9 Å². The van der Waals surface area contributed by atoms with E-state index >= 15 is 0 Å². The Kier molecular flexibility index (Phi) is 2.95. The molecule has 16 heavy (non-hydrogen) atoms. The van der Waals surface area contributed by atoms with Gasteiger partial charge in [-0.2, -0.15) is 0 Å². The maximum absolute atomic E-state index is 4.45. The molecular weight excluding hydrogens is 198 g/mol. The lowest BCUT2D eigenvalue weighted by atomic mass is 10.2. The van der Waals surface area contributed by atoms with Crippen molar-refractivity contribution in [3.05, 3.63) is 41.7 Å². The van der Waals surface area contributed by atoms with Crippen molar-refractivity contribution in [3.8, 4) is 5.69 Å². The number of imidazole rings is 1.